The Morgan fingerprint density at radius 3 is 2.55 bits per heavy atom. The number of nitrogens with one attached hydrogen (secondary N) is 1. The zero-order valence-electron chi connectivity index (χ0n) is 17.1. The van der Waals surface area contributed by atoms with Crippen LogP contribution >= 0.6 is 23.4 Å². The smallest absolute Gasteiger partial charge is 0.338 e. The fraction of sp³-hybridized carbons (Fsp3) is 0.273. The Morgan fingerprint density at radius 1 is 1.19 bits per heavy atom. The number of ether oxygens (including phenoxy) is 1. The van der Waals surface area contributed by atoms with E-state index in [9.17, 15) is 14.4 Å². The summed E-state index contributed by atoms with van der Waals surface area (Å²) in [5.74, 6) is -0.898. The molecule has 1 fully saturated rings. The second kappa shape index (κ2) is 10.5. The molecule has 0 saturated carbocycles. The van der Waals surface area contributed by atoms with Crippen LogP contribution < -0.4 is 5.32 Å². The van der Waals surface area contributed by atoms with E-state index < -0.39 is 11.2 Å². The molecule has 0 aromatic heterocycles. The van der Waals surface area contributed by atoms with Crippen LogP contribution in [0.25, 0.3) is 0 Å². The lowest BCUT2D eigenvalue weighted by molar-refractivity contribution is -0.129. The Labute approximate surface area is 189 Å². The van der Waals surface area contributed by atoms with Gasteiger partial charge in [0.1, 0.15) is 5.25 Å². The van der Waals surface area contributed by atoms with E-state index >= 15 is 0 Å². The fourth-order valence-corrected chi connectivity index (χ4v) is 4.27. The molecule has 1 heterocycles. The van der Waals surface area contributed by atoms with Gasteiger partial charge in [0, 0.05) is 13.0 Å². The highest BCUT2D eigenvalue weighted by molar-refractivity contribution is 8.15. The number of nitrogens with zero attached hydrogens (tertiary/aromatic N) is 2. The van der Waals surface area contributed by atoms with Crippen LogP contribution in [-0.4, -0.2) is 46.3 Å². The van der Waals surface area contributed by atoms with Crippen LogP contribution in [0.2, 0.25) is 5.02 Å². The Kier molecular flexibility index (Phi) is 7.70. The number of halogens is 1. The lowest BCUT2D eigenvalue weighted by Crippen LogP contribution is -2.45. The van der Waals surface area contributed by atoms with Crippen LogP contribution in [0.4, 0.5) is 11.4 Å². The van der Waals surface area contributed by atoms with Crippen LogP contribution in [0.3, 0.4) is 0 Å². The molecule has 1 aliphatic rings. The normalized spacial score (nSPS) is 17.5. The van der Waals surface area contributed by atoms with E-state index in [0.717, 1.165) is 0 Å². The van der Waals surface area contributed by atoms with Crippen molar-refractivity contribution in [2.24, 2.45) is 4.99 Å². The van der Waals surface area contributed by atoms with Crippen molar-refractivity contribution in [3.8, 4) is 0 Å². The van der Waals surface area contributed by atoms with E-state index in [1.54, 1.807) is 60.4 Å². The molecule has 1 N–H and O–H groups in total. The van der Waals surface area contributed by atoms with Crippen molar-refractivity contribution in [3.05, 3.63) is 59.1 Å². The number of esters is 1. The number of hydrogen-bond acceptors (Lipinski definition) is 6. The second-order valence-electron chi connectivity index (χ2n) is 6.58. The van der Waals surface area contributed by atoms with Gasteiger partial charge in [0.15, 0.2) is 5.17 Å². The molecule has 9 heteroatoms. The van der Waals surface area contributed by atoms with E-state index in [4.69, 9.17) is 16.3 Å². The highest BCUT2D eigenvalue weighted by atomic mass is 35.5. The van der Waals surface area contributed by atoms with Crippen molar-refractivity contribution in [2.45, 2.75) is 25.5 Å². The zero-order valence-corrected chi connectivity index (χ0v) is 18.7. The number of aliphatic imine (C=N–C) groups is 1. The molecule has 0 radical (unpaired) electrons. The maximum absolute atomic E-state index is 12.8. The van der Waals surface area contributed by atoms with Crippen molar-refractivity contribution in [1.29, 1.82) is 0 Å². The van der Waals surface area contributed by atoms with Gasteiger partial charge in [-0.05, 0) is 50.2 Å². The van der Waals surface area contributed by atoms with Gasteiger partial charge in [-0.25, -0.2) is 9.79 Å². The minimum atomic E-state index is -0.635. The Morgan fingerprint density at radius 2 is 1.90 bits per heavy atom. The summed E-state index contributed by atoms with van der Waals surface area (Å²) < 4.78 is 4.98. The minimum Gasteiger partial charge on any atom is -0.462 e. The monoisotopic (exact) mass is 459 g/mol. The number of hydrogen-bond donors (Lipinski definition) is 1. The van der Waals surface area contributed by atoms with Gasteiger partial charge >= 0.3 is 5.97 Å². The minimum absolute atomic E-state index is 0.0651. The average molecular weight is 460 g/mol. The van der Waals surface area contributed by atoms with Gasteiger partial charge in [-0.15, -0.1) is 0 Å². The summed E-state index contributed by atoms with van der Waals surface area (Å²) in [5, 5.41) is 3.00. The van der Waals surface area contributed by atoms with Gasteiger partial charge < -0.3 is 10.1 Å². The molecule has 1 aliphatic heterocycles. The third kappa shape index (κ3) is 5.65. The number of anilines is 1. The van der Waals surface area contributed by atoms with Crippen molar-refractivity contribution in [3.63, 3.8) is 0 Å². The lowest BCUT2D eigenvalue weighted by Gasteiger charge is -2.31. The number of amides is 2. The highest BCUT2D eigenvalue weighted by Gasteiger charge is 2.35. The largest absolute Gasteiger partial charge is 0.462 e. The summed E-state index contributed by atoms with van der Waals surface area (Å²) >= 11 is 7.34. The first-order chi connectivity index (χ1) is 14.9. The topological polar surface area (TPSA) is 88.1 Å². The summed E-state index contributed by atoms with van der Waals surface area (Å²) in [6.45, 7) is 4.32. The van der Waals surface area contributed by atoms with Crippen molar-refractivity contribution >= 4 is 57.7 Å². The number of para-hydroxylation sites is 1. The van der Waals surface area contributed by atoms with Crippen LogP contribution in [-0.2, 0) is 14.3 Å². The number of carbonyl (C=O) groups excluding carboxylic acids is 3. The molecule has 2 aromatic carbocycles. The molecule has 0 aliphatic carbocycles. The molecule has 7 nitrogen and oxygen atoms in total. The van der Waals surface area contributed by atoms with Crippen molar-refractivity contribution in [2.75, 3.05) is 18.5 Å². The lowest BCUT2D eigenvalue weighted by atomic mass is 10.2. The average Bonchev–Trinajstić information content (AvgIpc) is 2.76. The summed E-state index contributed by atoms with van der Waals surface area (Å²) in [6.07, 6.45) is 0.0651. The Bertz CT molecular complexity index is 1010. The van der Waals surface area contributed by atoms with E-state index in [2.05, 4.69) is 10.3 Å². The van der Waals surface area contributed by atoms with Crippen LogP contribution in [0.15, 0.2) is 53.5 Å². The first kappa shape index (κ1) is 22.8. The van der Waals surface area contributed by atoms with Crippen LogP contribution in [0.1, 0.15) is 30.6 Å². The molecule has 2 aromatic rings. The van der Waals surface area contributed by atoms with Crippen molar-refractivity contribution < 1.29 is 19.1 Å². The maximum Gasteiger partial charge on any atom is 0.338 e. The summed E-state index contributed by atoms with van der Waals surface area (Å²) in [5.41, 5.74) is 1.48. The first-order valence-electron chi connectivity index (χ1n) is 9.81. The van der Waals surface area contributed by atoms with Gasteiger partial charge in [0.05, 0.1) is 28.6 Å². The Balaban J connectivity index is 1.79. The highest BCUT2D eigenvalue weighted by Crippen LogP contribution is 2.30. The predicted octanol–water partition coefficient (Wildman–Crippen LogP) is 4.50. The molecule has 3 rings (SSSR count). The van der Waals surface area contributed by atoms with Gasteiger partial charge in [0.2, 0.25) is 11.8 Å². The van der Waals surface area contributed by atoms with E-state index in [-0.39, 0.29) is 18.2 Å². The first-order valence-corrected chi connectivity index (χ1v) is 11.1. The molecular formula is C22H22ClN3O4S. The molecule has 2 amide bonds. The van der Waals surface area contributed by atoms with Gasteiger partial charge in [0.25, 0.3) is 0 Å². The maximum atomic E-state index is 12.8. The molecule has 31 heavy (non-hydrogen) atoms. The number of rotatable bonds is 6. The third-order valence-electron chi connectivity index (χ3n) is 4.48. The van der Waals surface area contributed by atoms with E-state index in [1.807, 2.05) is 6.92 Å². The van der Waals surface area contributed by atoms with E-state index in [1.165, 1.54) is 11.8 Å². The number of amidine groups is 1. The number of thioether (sulfide) groups is 1. The Hall–Kier alpha value is -2.84. The van der Waals surface area contributed by atoms with E-state index in [0.29, 0.717) is 40.3 Å². The summed E-state index contributed by atoms with van der Waals surface area (Å²) in [4.78, 5) is 43.3. The fourth-order valence-electron chi connectivity index (χ4n) is 2.93. The molecule has 0 spiro atoms. The van der Waals surface area contributed by atoms with Crippen molar-refractivity contribution in [1.82, 2.24) is 4.90 Å². The quantitative estimate of drug-likeness (QED) is 0.642. The number of benzene rings is 2. The molecule has 162 valence electrons. The standard InChI is InChI=1S/C22H22ClN3O4S/c1-3-26-19(27)13-18(20(28)25-17-8-6-5-7-16(17)23)31-22(26)24-15-11-9-14(10-12-15)21(29)30-4-2/h5-12,18H,3-4,13H2,1-2H3,(H,25,28)/t18-/m1/s1. The summed E-state index contributed by atoms with van der Waals surface area (Å²) in [7, 11) is 0. The third-order valence-corrected chi connectivity index (χ3v) is 6.00. The molecule has 0 bridgehead atoms. The molecule has 1 atom stereocenters. The predicted molar refractivity (Wildman–Crippen MR) is 123 cm³/mol. The van der Waals surface area contributed by atoms with Gasteiger partial charge in [-0.1, -0.05) is 35.5 Å². The van der Waals surface area contributed by atoms with Crippen LogP contribution in [0, 0.1) is 0 Å². The second-order valence-corrected chi connectivity index (χ2v) is 8.16. The van der Waals surface area contributed by atoms with Gasteiger partial charge in [-0.3, -0.25) is 14.5 Å². The SMILES string of the molecule is CCOC(=O)c1ccc(N=C2S[C@@H](C(=O)Nc3ccccc3Cl)CC(=O)N2CC)cc1. The molecule has 1 saturated heterocycles. The zero-order chi connectivity index (χ0) is 22.4. The summed E-state index contributed by atoms with van der Waals surface area (Å²) in [6, 6.07) is 13.5. The molecular weight excluding hydrogens is 438 g/mol. The van der Waals surface area contributed by atoms with Crippen LogP contribution in [0.5, 0.6) is 0 Å². The molecule has 0 unspecified atom stereocenters. The number of carbonyl (C=O) groups is 3. The van der Waals surface area contributed by atoms with Gasteiger partial charge in [-0.2, -0.15) is 0 Å².